The summed E-state index contributed by atoms with van der Waals surface area (Å²) in [5.41, 5.74) is 2.20. The summed E-state index contributed by atoms with van der Waals surface area (Å²) < 4.78 is 25.7. The fourth-order valence-electron chi connectivity index (χ4n) is 1.78. The number of hydrogen-bond acceptors (Lipinski definition) is 3. The van der Waals surface area contributed by atoms with Crippen molar-refractivity contribution >= 4 is 10.0 Å². The number of nitrogens with zero attached hydrogens (tertiary/aromatic N) is 2. The van der Waals surface area contributed by atoms with Crippen LogP contribution in [0, 0.1) is 0 Å². The standard InChI is InChI=1S/C13H17N3O2S/c1-3-11-4-6-12(7-5-11)10-16(2)19(17,18)13-8-9-14-15-13/h4-9H,3,10H2,1-2H3,(H,14,15). The minimum atomic E-state index is -3.49. The van der Waals surface area contributed by atoms with E-state index in [0.717, 1.165) is 12.0 Å². The van der Waals surface area contributed by atoms with E-state index in [4.69, 9.17) is 0 Å². The number of hydrogen-bond donors (Lipinski definition) is 1. The molecule has 6 heteroatoms. The van der Waals surface area contributed by atoms with Crippen LogP contribution in [0.4, 0.5) is 0 Å². The van der Waals surface area contributed by atoms with Gasteiger partial charge >= 0.3 is 0 Å². The van der Waals surface area contributed by atoms with Crippen LogP contribution in [0.25, 0.3) is 0 Å². The lowest BCUT2D eigenvalue weighted by Gasteiger charge is -2.16. The summed E-state index contributed by atoms with van der Waals surface area (Å²) >= 11 is 0. The molecule has 1 heterocycles. The van der Waals surface area contributed by atoms with Gasteiger partial charge in [0.1, 0.15) is 0 Å². The van der Waals surface area contributed by atoms with Gasteiger partial charge in [-0.3, -0.25) is 5.10 Å². The van der Waals surface area contributed by atoms with Crippen molar-refractivity contribution in [3.63, 3.8) is 0 Å². The van der Waals surface area contributed by atoms with Crippen molar-refractivity contribution in [2.45, 2.75) is 24.9 Å². The van der Waals surface area contributed by atoms with Crippen LogP contribution in [0.15, 0.2) is 41.6 Å². The zero-order chi connectivity index (χ0) is 13.9. The zero-order valence-electron chi connectivity index (χ0n) is 11.0. The summed E-state index contributed by atoms with van der Waals surface area (Å²) in [6.07, 6.45) is 2.40. The highest BCUT2D eigenvalue weighted by Crippen LogP contribution is 2.14. The Morgan fingerprint density at radius 1 is 1.16 bits per heavy atom. The molecule has 0 spiro atoms. The van der Waals surface area contributed by atoms with Crippen molar-refractivity contribution in [2.24, 2.45) is 0 Å². The first-order valence-corrected chi connectivity index (χ1v) is 7.51. The Labute approximate surface area is 113 Å². The van der Waals surface area contributed by atoms with E-state index in [9.17, 15) is 8.42 Å². The molecule has 0 aliphatic carbocycles. The Balaban J connectivity index is 2.14. The molecular formula is C13H17N3O2S. The van der Waals surface area contributed by atoms with E-state index in [1.165, 1.54) is 22.1 Å². The quantitative estimate of drug-likeness (QED) is 0.907. The van der Waals surface area contributed by atoms with Gasteiger partial charge in [-0.15, -0.1) is 0 Å². The van der Waals surface area contributed by atoms with Gasteiger partial charge in [0.25, 0.3) is 10.0 Å². The molecule has 0 atom stereocenters. The minimum Gasteiger partial charge on any atom is -0.266 e. The van der Waals surface area contributed by atoms with Crippen LogP contribution in [0.1, 0.15) is 18.1 Å². The van der Waals surface area contributed by atoms with Crippen molar-refractivity contribution in [3.8, 4) is 0 Å². The maximum Gasteiger partial charge on any atom is 0.260 e. The van der Waals surface area contributed by atoms with Gasteiger partial charge < -0.3 is 0 Å². The highest BCUT2D eigenvalue weighted by Gasteiger charge is 2.21. The molecule has 1 N–H and O–H groups in total. The normalized spacial score (nSPS) is 11.9. The second-order valence-corrected chi connectivity index (χ2v) is 6.37. The van der Waals surface area contributed by atoms with E-state index < -0.39 is 10.0 Å². The molecule has 0 aliphatic rings. The lowest BCUT2D eigenvalue weighted by atomic mass is 10.1. The Bertz CT molecular complexity index is 618. The minimum absolute atomic E-state index is 0.111. The smallest absolute Gasteiger partial charge is 0.260 e. The monoisotopic (exact) mass is 279 g/mol. The lowest BCUT2D eigenvalue weighted by molar-refractivity contribution is 0.463. The van der Waals surface area contributed by atoms with E-state index in [0.29, 0.717) is 6.54 Å². The number of rotatable bonds is 5. The molecule has 102 valence electrons. The Morgan fingerprint density at radius 2 is 1.79 bits per heavy atom. The average molecular weight is 279 g/mol. The predicted octanol–water partition coefficient (Wildman–Crippen LogP) is 1.79. The zero-order valence-corrected chi connectivity index (χ0v) is 11.8. The maximum atomic E-state index is 12.2. The molecule has 0 fully saturated rings. The predicted molar refractivity (Wildman–Crippen MR) is 73.1 cm³/mol. The molecule has 0 amide bonds. The molecule has 5 nitrogen and oxygen atoms in total. The lowest BCUT2D eigenvalue weighted by Crippen LogP contribution is -2.26. The molecular weight excluding hydrogens is 262 g/mol. The second-order valence-electron chi connectivity index (χ2n) is 4.35. The number of nitrogens with one attached hydrogen (secondary N) is 1. The summed E-state index contributed by atoms with van der Waals surface area (Å²) in [6, 6.07) is 9.40. The number of sulfonamides is 1. The van der Waals surface area contributed by atoms with Gasteiger partial charge in [0.15, 0.2) is 5.03 Å². The van der Waals surface area contributed by atoms with Crippen molar-refractivity contribution in [2.75, 3.05) is 7.05 Å². The fourth-order valence-corrected chi connectivity index (χ4v) is 2.83. The maximum absolute atomic E-state index is 12.2. The van der Waals surface area contributed by atoms with Crippen molar-refractivity contribution < 1.29 is 8.42 Å². The van der Waals surface area contributed by atoms with Crippen LogP contribution in [-0.4, -0.2) is 30.0 Å². The van der Waals surface area contributed by atoms with Gasteiger partial charge in [0, 0.05) is 13.6 Å². The van der Waals surface area contributed by atoms with Gasteiger partial charge in [-0.2, -0.15) is 9.40 Å². The highest BCUT2D eigenvalue weighted by molar-refractivity contribution is 7.89. The number of H-pyrrole nitrogens is 1. The summed E-state index contributed by atoms with van der Waals surface area (Å²) in [5.74, 6) is 0. The van der Waals surface area contributed by atoms with Crippen LogP contribution < -0.4 is 0 Å². The Kier molecular flexibility index (Phi) is 4.01. The number of benzene rings is 1. The second kappa shape index (κ2) is 5.54. The molecule has 19 heavy (non-hydrogen) atoms. The van der Waals surface area contributed by atoms with Crippen molar-refractivity contribution in [3.05, 3.63) is 47.7 Å². The third-order valence-corrected chi connectivity index (χ3v) is 4.73. The number of aromatic amines is 1. The average Bonchev–Trinajstić information content (AvgIpc) is 2.94. The molecule has 0 radical (unpaired) electrons. The first-order chi connectivity index (χ1) is 9.04. The van der Waals surface area contributed by atoms with Gasteiger partial charge in [-0.25, -0.2) is 8.42 Å². The molecule has 0 saturated heterocycles. The van der Waals surface area contributed by atoms with Gasteiger partial charge in [0.05, 0.1) is 6.20 Å². The summed E-state index contributed by atoms with van der Waals surface area (Å²) in [6.45, 7) is 2.43. The molecule has 1 aromatic carbocycles. The Hall–Kier alpha value is -1.66. The van der Waals surface area contributed by atoms with Gasteiger partial charge in [0.2, 0.25) is 0 Å². The van der Waals surface area contributed by atoms with Crippen LogP contribution in [0.5, 0.6) is 0 Å². The van der Waals surface area contributed by atoms with Crippen LogP contribution in [0.2, 0.25) is 0 Å². The SMILES string of the molecule is CCc1ccc(CN(C)S(=O)(=O)c2ccn[nH]2)cc1. The van der Waals surface area contributed by atoms with E-state index in [1.807, 2.05) is 24.3 Å². The molecule has 2 aromatic rings. The summed E-state index contributed by atoms with van der Waals surface area (Å²) in [5, 5.41) is 6.26. The number of aromatic nitrogens is 2. The molecule has 1 aromatic heterocycles. The molecule has 0 saturated carbocycles. The molecule has 0 aliphatic heterocycles. The molecule has 0 bridgehead atoms. The molecule has 0 unspecified atom stereocenters. The fraction of sp³-hybridized carbons (Fsp3) is 0.308. The largest absolute Gasteiger partial charge is 0.266 e. The van der Waals surface area contributed by atoms with E-state index >= 15 is 0 Å². The summed E-state index contributed by atoms with van der Waals surface area (Å²) in [7, 11) is -1.93. The van der Waals surface area contributed by atoms with Gasteiger partial charge in [-0.1, -0.05) is 31.2 Å². The first-order valence-electron chi connectivity index (χ1n) is 6.07. The van der Waals surface area contributed by atoms with Crippen molar-refractivity contribution in [1.82, 2.24) is 14.5 Å². The highest BCUT2D eigenvalue weighted by atomic mass is 32.2. The first kappa shape index (κ1) is 13.8. The third-order valence-electron chi connectivity index (χ3n) is 3.00. The van der Waals surface area contributed by atoms with Crippen molar-refractivity contribution in [1.29, 1.82) is 0 Å². The van der Waals surface area contributed by atoms with Crippen LogP contribution in [-0.2, 0) is 23.0 Å². The van der Waals surface area contributed by atoms with E-state index in [2.05, 4.69) is 17.1 Å². The van der Waals surface area contributed by atoms with Crippen LogP contribution in [0.3, 0.4) is 0 Å². The Morgan fingerprint density at radius 3 is 2.32 bits per heavy atom. The van der Waals surface area contributed by atoms with Gasteiger partial charge in [-0.05, 0) is 23.6 Å². The summed E-state index contributed by atoms with van der Waals surface area (Å²) in [4.78, 5) is 0. The van der Waals surface area contributed by atoms with E-state index in [-0.39, 0.29) is 5.03 Å². The third kappa shape index (κ3) is 3.02. The van der Waals surface area contributed by atoms with Crippen LogP contribution >= 0.6 is 0 Å². The molecule has 2 rings (SSSR count). The van der Waals surface area contributed by atoms with E-state index in [1.54, 1.807) is 7.05 Å². The topological polar surface area (TPSA) is 66.1 Å². The number of aryl methyl sites for hydroxylation is 1.